The van der Waals surface area contributed by atoms with E-state index >= 15 is 0 Å². The third-order valence-corrected chi connectivity index (χ3v) is 1.17. The molecule has 0 fully saturated rings. The molecule has 0 radical (unpaired) electrons. The van der Waals surface area contributed by atoms with Gasteiger partial charge in [-0.2, -0.15) is 22.0 Å². The minimum Gasteiger partial charge on any atom is -0.320 e. The zero-order chi connectivity index (χ0) is 9.50. The molecule has 7 heteroatoms. The molecule has 0 unspecified atom stereocenters. The number of hydrogen-bond donors (Lipinski definition) is 1. The highest BCUT2D eigenvalue weighted by Gasteiger charge is 2.64. The molecule has 0 rings (SSSR count). The summed E-state index contributed by atoms with van der Waals surface area (Å²) >= 11 is 0. The van der Waals surface area contributed by atoms with Crippen LogP contribution in [0.4, 0.5) is 22.0 Å². The summed E-state index contributed by atoms with van der Waals surface area (Å²) in [6, 6.07) is 0. The molecular weight excluding hydrogens is 205 g/mol. The van der Waals surface area contributed by atoms with Gasteiger partial charge in [-0.1, -0.05) is 0 Å². The van der Waals surface area contributed by atoms with Crippen molar-refractivity contribution in [3.8, 4) is 0 Å². The smallest absolute Gasteiger partial charge is 0.320 e. The molecule has 0 amide bonds. The molecule has 0 atom stereocenters. The second kappa shape index (κ2) is 3.33. The van der Waals surface area contributed by atoms with Gasteiger partial charge in [0.15, 0.2) is 0 Å². The fraction of sp³-hybridized carbons (Fsp3) is 1.00. The van der Waals surface area contributed by atoms with Gasteiger partial charge in [0.25, 0.3) is 0 Å². The highest BCUT2D eigenvalue weighted by atomic mass is 35.5. The molecule has 2 N–H and O–H groups in total. The Morgan fingerprint density at radius 2 is 1.17 bits per heavy atom. The predicted octanol–water partition coefficient (Wildman–Crippen LogP) is 2.34. The van der Waals surface area contributed by atoms with Gasteiger partial charge in [0.2, 0.25) is 0 Å². The lowest BCUT2D eigenvalue weighted by Gasteiger charge is -2.31. The number of hydrogen-bond acceptors (Lipinski definition) is 1. The van der Waals surface area contributed by atoms with E-state index in [0.717, 1.165) is 0 Å². The molecule has 0 heterocycles. The first-order valence-electron chi connectivity index (χ1n) is 2.73. The largest absolute Gasteiger partial charge is 0.455 e. The van der Waals surface area contributed by atoms with Crippen molar-refractivity contribution in [1.29, 1.82) is 0 Å². The maximum absolute atomic E-state index is 12.2. The number of rotatable bonds is 1. The van der Waals surface area contributed by atoms with Crippen LogP contribution in [0.1, 0.15) is 13.8 Å². The van der Waals surface area contributed by atoms with Gasteiger partial charge in [-0.15, -0.1) is 12.4 Å². The van der Waals surface area contributed by atoms with Gasteiger partial charge >= 0.3 is 12.1 Å². The number of halogens is 6. The summed E-state index contributed by atoms with van der Waals surface area (Å²) in [7, 11) is 0. The zero-order valence-corrected chi connectivity index (χ0v) is 7.19. The van der Waals surface area contributed by atoms with Crippen molar-refractivity contribution >= 4 is 12.4 Å². The molecule has 0 spiro atoms. The van der Waals surface area contributed by atoms with Crippen molar-refractivity contribution in [2.75, 3.05) is 0 Å². The summed E-state index contributed by atoms with van der Waals surface area (Å²) in [6.45, 7) is 1.25. The van der Waals surface area contributed by atoms with Crippen molar-refractivity contribution in [1.82, 2.24) is 0 Å². The Morgan fingerprint density at radius 1 is 0.917 bits per heavy atom. The van der Waals surface area contributed by atoms with E-state index in [4.69, 9.17) is 0 Å². The summed E-state index contributed by atoms with van der Waals surface area (Å²) in [5.41, 5.74) is 2.05. The minimum absolute atomic E-state index is 0. The summed E-state index contributed by atoms with van der Waals surface area (Å²) in [5.74, 6) is -4.85. The van der Waals surface area contributed by atoms with Crippen LogP contribution in [-0.4, -0.2) is 17.6 Å². The van der Waals surface area contributed by atoms with E-state index in [1.807, 2.05) is 0 Å². The number of alkyl halides is 5. The average molecular weight is 214 g/mol. The van der Waals surface area contributed by atoms with E-state index < -0.39 is 17.6 Å². The van der Waals surface area contributed by atoms with Crippen LogP contribution < -0.4 is 5.73 Å². The summed E-state index contributed by atoms with van der Waals surface area (Å²) in [5, 5.41) is 0. The lowest BCUT2D eigenvalue weighted by atomic mass is 9.97. The minimum atomic E-state index is -5.58. The third-order valence-electron chi connectivity index (χ3n) is 1.17. The Kier molecular flexibility index (Phi) is 4.01. The van der Waals surface area contributed by atoms with Crippen molar-refractivity contribution in [2.45, 2.75) is 31.5 Å². The standard InChI is InChI=1S/C5H8F5N.ClH/c1-3(2,11)4(6,7)5(8,9)10;/h11H2,1-2H3;1H. The molecule has 0 aliphatic carbocycles. The van der Waals surface area contributed by atoms with Crippen molar-refractivity contribution < 1.29 is 22.0 Å². The fourth-order valence-corrected chi connectivity index (χ4v) is 0.365. The second-order valence-corrected chi connectivity index (χ2v) is 2.79. The molecule has 0 saturated carbocycles. The SMILES string of the molecule is CC(C)(N)C(F)(F)C(F)(F)F.Cl. The lowest BCUT2D eigenvalue weighted by molar-refractivity contribution is -0.302. The molecule has 0 aliphatic heterocycles. The average Bonchev–Trinajstić information content (AvgIpc) is 1.58. The Morgan fingerprint density at radius 3 is 1.17 bits per heavy atom. The Labute approximate surface area is 72.5 Å². The quantitative estimate of drug-likeness (QED) is 0.665. The van der Waals surface area contributed by atoms with Gasteiger partial charge in [0.05, 0.1) is 5.54 Å². The highest BCUT2D eigenvalue weighted by Crippen LogP contribution is 2.41. The summed E-state index contributed by atoms with van der Waals surface area (Å²) in [4.78, 5) is 0. The molecule has 1 nitrogen and oxygen atoms in total. The first-order chi connectivity index (χ1) is 4.50. The van der Waals surface area contributed by atoms with E-state index in [1.54, 1.807) is 0 Å². The van der Waals surface area contributed by atoms with Gasteiger partial charge in [0.1, 0.15) is 0 Å². The molecular formula is C5H9ClF5N. The normalized spacial score (nSPS) is 14.0. The zero-order valence-electron chi connectivity index (χ0n) is 6.38. The molecule has 76 valence electrons. The van der Waals surface area contributed by atoms with Crippen LogP contribution in [0.15, 0.2) is 0 Å². The van der Waals surface area contributed by atoms with Crippen LogP contribution in [0, 0.1) is 0 Å². The third kappa shape index (κ3) is 2.45. The van der Waals surface area contributed by atoms with Crippen molar-refractivity contribution in [2.24, 2.45) is 5.73 Å². The Balaban J connectivity index is 0. The van der Waals surface area contributed by atoms with Gasteiger partial charge in [-0.05, 0) is 13.8 Å². The Hall–Kier alpha value is -0.100. The van der Waals surface area contributed by atoms with Crippen LogP contribution in [-0.2, 0) is 0 Å². The van der Waals surface area contributed by atoms with Gasteiger partial charge in [-0.25, -0.2) is 0 Å². The summed E-state index contributed by atoms with van der Waals surface area (Å²) in [6.07, 6.45) is -5.58. The van der Waals surface area contributed by atoms with E-state index in [2.05, 4.69) is 5.73 Å². The maximum atomic E-state index is 12.2. The van der Waals surface area contributed by atoms with E-state index in [9.17, 15) is 22.0 Å². The van der Waals surface area contributed by atoms with Crippen molar-refractivity contribution in [3.05, 3.63) is 0 Å². The predicted molar refractivity (Wildman–Crippen MR) is 36.5 cm³/mol. The highest BCUT2D eigenvalue weighted by molar-refractivity contribution is 5.85. The van der Waals surface area contributed by atoms with Crippen LogP contribution in [0.3, 0.4) is 0 Å². The van der Waals surface area contributed by atoms with Crippen LogP contribution in [0.25, 0.3) is 0 Å². The van der Waals surface area contributed by atoms with Crippen LogP contribution in [0.2, 0.25) is 0 Å². The maximum Gasteiger partial charge on any atom is 0.455 e. The van der Waals surface area contributed by atoms with Gasteiger partial charge in [-0.3, -0.25) is 0 Å². The molecule has 0 aromatic carbocycles. The van der Waals surface area contributed by atoms with Crippen molar-refractivity contribution in [3.63, 3.8) is 0 Å². The number of nitrogens with two attached hydrogens (primary N) is 1. The second-order valence-electron chi connectivity index (χ2n) is 2.79. The van der Waals surface area contributed by atoms with Crippen LogP contribution >= 0.6 is 12.4 Å². The van der Waals surface area contributed by atoms with E-state index in [-0.39, 0.29) is 12.4 Å². The first-order valence-corrected chi connectivity index (χ1v) is 2.73. The first kappa shape index (κ1) is 14.4. The van der Waals surface area contributed by atoms with E-state index in [1.165, 1.54) is 0 Å². The molecule has 12 heavy (non-hydrogen) atoms. The molecule has 0 aliphatic rings. The molecule has 0 bridgehead atoms. The van der Waals surface area contributed by atoms with Gasteiger partial charge < -0.3 is 5.73 Å². The monoisotopic (exact) mass is 213 g/mol. The molecule has 0 aromatic rings. The summed E-state index contributed by atoms with van der Waals surface area (Å²) < 4.78 is 58.9. The molecule has 0 aromatic heterocycles. The topological polar surface area (TPSA) is 26.0 Å². The van der Waals surface area contributed by atoms with E-state index in [0.29, 0.717) is 13.8 Å². The van der Waals surface area contributed by atoms with Crippen LogP contribution in [0.5, 0.6) is 0 Å². The van der Waals surface area contributed by atoms with Gasteiger partial charge in [0, 0.05) is 0 Å². The fourth-order valence-electron chi connectivity index (χ4n) is 0.365. The lowest BCUT2D eigenvalue weighted by Crippen LogP contribution is -2.58. The Bertz CT molecular complexity index is 131. The molecule has 0 saturated heterocycles.